The molecule has 0 radical (unpaired) electrons. The second-order valence-corrected chi connectivity index (χ2v) is 6.59. The molecule has 122 valence electrons. The topological polar surface area (TPSA) is 68.0 Å². The Bertz CT molecular complexity index is 955. The number of carbonyl (C=O) groups excluding carboxylic acids is 1. The van der Waals surface area contributed by atoms with Gasteiger partial charge in [-0.1, -0.05) is 17.3 Å². The van der Waals surface area contributed by atoms with Gasteiger partial charge >= 0.3 is 0 Å². The van der Waals surface area contributed by atoms with E-state index >= 15 is 0 Å². The third-order valence-electron chi connectivity index (χ3n) is 4.52. The van der Waals surface area contributed by atoms with Crippen LogP contribution in [0.2, 0.25) is 0 Å². The maximum Gasteiger partial charge on any atom is 0.259 e. The Balaban J connectivity index is 1.78. The quantitative estimate of drug-likeness (QED) is 0.782. The van der Waals surface area contributed by atoms with Crippen LogP contribution in [-0.4, -0.2) is 16.0 Å². The highest BCUT2D eigenvalue weighted by molar-refractivity contribution is 6.12. The Hall–Kier alpha value is -2.69. The number of nitrogens with one attached hydrogen (secondary N) is 1. The molecular weight excluding hydrogens is 302 g/mol. The lowest BCUT2D eigenvalue weighted by atomic mass is 10.1. The van der Waals surface area contributed by atoms with Gasteiger partial charge in [-0.15, -0.1) is 0 Å². The smallest absolute Gasteiger partial charge is 0.259 e. The highest BCUT2D eigenvalue weighted by atomic mass is 16.5. The highest BCUT2D eigenvalue weighted by Crippen LogP contribution is 2.40. The van der Waals surface area contributed by atoms with Crippen molar-refractivity contribution in [3.63, 3.8) is 0 Å². The van der Waals surface area contributed by atoms with Gasteiger partial charge in [-0.2, -0.15) is 0 Å². The van der Waals surface area contributed by atoms with E-state index in [0.29, 0.717) is 28.3 Å². The van der Waals surface area contributed by atoms with Crippen molar-refractivity contribution >= 4 is 22.7 Å². The molecule has 1 aliphatic carbocycles. The molecule has 1 aliphatic rings. The molecule has 0 atom stereocenters. The van der Waals surface area contributed by atoms with E-state index in [9.17, 15) is 4.79 Å². The van der Waals surface area contributed by atoms with E-state index in [-0.39, 0.29) is 5.91 Å². The first-order chi connectivity index (χ1) is 11.5. The van der Waals surface area contributed by atoms with E-state index in [1.54, 1.807) is 0 Å². The van der Waals surface area contributed by atoms with E-state index in [2.05, 4.69) is 15.5 Å². The number of hydrogen-bond acceptors (Lipinski definition) is 4. The molecule has 5 heteroatoms. The van der Waals surface area contributed by atoms with Crippen LogP contribution in [0.5, 0.6) is 0 Å². The second kappa shape index (κ2) is 5.44. The van der Waals surface area contributed by atoms with Gasteiger partial charge in [0.2, 0.25) is 0 Å². The van der Waals surface area contributed by atoms with Crippen molar-refractivity contribution in [3.8, 4) is 0 Å². The van der Waals surface area contributed by atoms with Gasteiger partial charge in [0, 0.05) is 17.3 Å². The summed E-state index contributed by atoms with van der Waals surface area (Å²) in [5.41, 5.74) is 5.60. The first-order valence-corrected chi connectivity index (χ1v) is 8.18. The lowest BCUT2D eigenvalue weighted by molar-refractivity contribution is 0.102. The van der Waals surface area contributed by atoms with Crippen molar-refractivity contribution in [2.45, 2.75) is 39.5 Å². The van der Waals surface area contributed by atoms with Crippen LogP contribution in [-0.2, 0) is 0 Å². The minimum absolute atomic E-state index is 0.149. The minimum atomic E-state index is -0.149. The van der Waals surface area contributed by atoms with Crippen LogP contribution >= 0.6 is 0 Å². The van der Waals surface area contributed by atoms with E-state index in [1.165, 1.54) is 0 Å². The van der Waals surface area contributed by atoms with Gasteiger partial charge in [-0.05, 0) is 56.9 Å². The van der Waals surface area contributed by atoms with E-state index in [0.717, 1.165) is 35.3 Å². The molecule has 3 aromatic rings. The third-order valence-corrected chi connectivity index (χ3v) is 4.52. The van der Waals surface area contributed by atoms with Crippen LogP contribution in [0.3, 0.4) is 0 Å². The predicted octanol–water partition coefficient (Wildman–Crippen LogP) is 4.28. The zero-order valence-electron chi connectivity index (χ0n) is 14.0. The van der Waals surface area contributed by atoms with Crippen molar-refractivity contribution in [3.05, 3.63) is 52.3 Å². The molecule has 1 aromatic carbocycles. The summed E-state index contributed by atoms with van der Waals surface area (Å²) in [4.78, 5) is 17.5. The normalized spacial score (nSPS) is 14.1. The maximum absolute atomic E-state index is 12.9. The number of anilines is 1. The van der Waals surface area contributed by atoms with Crippen molar-refractivity contribution in [2.24, 2.45) is 0 Å². The van der Waals surface area contributed by atoms with Crippen LogP contribution in [0.1, 0.15) is 51.6 Å². The molecule has 4 rings (SSSR count). The summed E-state index contributed by atoms with van der Waals surface area (Å²) >= 11 is 0. The lowest BCUT2D eigenvalue weighted by Gasteiger charge is -2.11. The van der Waals surface area contributed by atoms with Gasteiger partial charge in [-0.3, -0.25) is 4.79 Å². The number of pyridine rings is 1. The summed E-state index contributed by atoms with van der Waals surface area (Å²) in [6.07, 6.45) is 2.23. The average molecular weight is 321 g/mol. The number of aromatic nitrogens is 2. The SMILES string of the molecule is Cc1ccc(C)c(NC(=O)c2cc(C3CC3)nc3onc(C)c23)c1. The molecule has 1 fully saturated rings. The fourth-order valence-electron chi connectivity index (χ4n) is 2.94. The Kier molecular flexibility index (Phi) is 3.37. The van der Waals surface area contributed by atoms with Gasteiger partial charge < -0.3 is 9.84 Å². The Labute approximate surface area is 140 Å². The van der Waals surface area contributed by atoms with Crippen molar-refractivity contribution in [1.82, 2.24) is 10.1 Å². The number of aryl methyl sites for hydroxylation is 3. The van der Waals surface area contributed by atoms with Crippen LogP contribution in [0.25, 0.3) is 11.1 Å². The number of rotatable bonds is 3. The van der Waals surface area contributed by atoms with Crippen LogP contribution in [0.15, 0.2) is 28.8 Å². The van der Waals surface area contributed by atoms with Gasteiger partial charge in [0.25, 0.3) is 11.6 Å². The minimum Gasteiger partial charge on any atom is -0.336 e. The molecule has 1 N–H and O–H groups in total. The third kappa shape index (κ3) is 2.56. The monoisotopic (exact) mass is 321 g/mol. The molecule has 2 heterocycles. The summed E-state index contributed by atoms with van der Waals surface area (Å²) < 4.78 is 5.31. The van der Waals surface area contributed by atoms with E-state index < -0.39 is 0 Å². The van der Waals surface area contributed by atoms with Gasteiger partial charge in [-0.25, -0.2) is 4.98 Å². The summed E-state index contributed by atoms with van der Waals surface area (Å²) in [6.45, 7) is 5.82. The number of carbonyl (C=O) groups is 1. The molecule has 1 amide bonds. The molecule has 24 heavy (non-hydrogen) atoms. The molecule has 0 unspecified atom stereocenters. The van der Waals surface area contributed by atoms with Crippen LogP contribution in [0, 0.1) is 20.8 Å². The highest BCUT2D eigenvalue weighted by Gasteiger charge is 2.28. The summed E-state index contributed by atoms with van der Waals surface area (Å²) in [5, 5.41) is 7.70. The Morgan fingerprint density at radius 1 is 1.21 bits per heavy atom. The van der Waals surface area contributed by atoms with Gasteiger partial charge in [0.05, 0.1) is 16.6 Å². The van der Waals surface area contributed by atoms with Crippen molar-refractivity contribution in [2.75, 3.05) is 5.32 Å². The second-order valence-electron chi connectivity index (χ2n) is 6.59. The van der Waals surface area contributed by atoms with Gasteiger partial charge in [0.15, 0.2) is 0 Å². The van der Waals surface area contributed by atoms with E-state index in [1.807, 2.05) is 45.0 Å². The Morgan fingerprint density at radius 2 is 2.00 bits per heavy atom. The number of benzene rings is 1. The number of hydrogen-bond donors (Lipinski definition) is 1. The summed E-state index contributed by atoms with van der Waals surface area (Å²) in [5.74, 6) is 0.288. The number of nitrogens with zero attached hydrogens (tertiary/aromatic N) is 2. The van der Waals surface area contributed by atoms with Crippen LogP contribution < -0.4 is 5.32 Å². The first kappa shape index (κ1) is 14.9. The van der Waals surface area contributed by atoms with Crippen LogP contribution in [0.4, 0.5) is 5.69 Å². The Morgan fingerprint density at radius 3 is 2.75 bits per heavy atom. The molecular formula is C19H19N3O2. The number of fused-ring (bicyclic) bond motifs is 1. The van der Waals surface area contributed by atoms with E-state index in [4.69, 9.17) is 4.52 Å². The number of amides is 1. The lowest BCUT2D eigenvalue weighted by Crippen LogP contribution is -2.14. The largest absolute Gasteiger partial charge is 0.336 e. The fourth-order valence-corrected chi connectivity index (χ4v) is 2.94. The molecule has 1 saturated carbocycles. The zero-order valence-corrected chi connectivity index (χ0v) is 14.0. The summed E-state index contributed by atoms with van der Waals surface area (Å²) in [7, 11) is 0. The van der Waals surface area contributed by atoms with Gasteiger partial charge in [0.1, 0.15) is 0 Å². The predicted molar refractivity (Wildman–Crippen MR) is 92.4 cm³/mol. The molecule has 5 nitrogen and oxygen atoms in total. The molecule has 0 saturated heterocycles. The zero-order chi connectivity index (χ0) is 16.8. The maximum atomic E-state index is 12.9. The molecule has 0 spiro atoms. The molecule has 0 bridgehead atoms. The first-order valence-electron chi connectivity index (χ1n) is 8.18. The average Bonchev–Trinajstić information content (AvgIpc) is 3.34. The standard InChI is InChI=1S/C19H19N3O2/c1-10-4-5-11(2)15(8-10)20-18(23)14-9-16(13-6-7-13)21-19-17(14)12(3)22-24-19/h4-5,8-9,13H,6-7H2,1-3H3,(H,20,23). The molecule has 2 aromatic heterocycles. The fraction of sp³-hybridized carbons (Fsp3) is 0.316. The summed E-state index contributed by atoms with van der Waals surface area (Å²) in [6, 6.07) is 7.91. The molecule has 0 aliphatic heterocycles. The van der Waals surface area contributed by atoms with Crippen molar-refractivity contribution in [1.29, 1.82) is 0 Å². The van der Waals surface area contributed by atoms with Crippen molar-refractivity contribution < 1.29 is 9.32 Å².